The zero-order chi connectivity index (χ0) is 16.2. The Morgan fingerprint density at radius 1 is 1.41 bits per heavy atom. The molecule has 0 aliphatic carbocycles. The van der Waals surface area contributed by atoms with Crippen molar-refractivity contribution in [2.45, 2.75) is 33.1 Å². The fraction of sp³-hybridized carbons (Fsp3) is 0.812. The van der Waals surface area contributed by atoms with E-state index in [0.717, 1.165) is 31.0 Å². The van der Waals surface area contributed by atoms with Gasteiger partial charge in [0.05, 0.1) is 18.1 Å². The Morgan fingerprint density at radius 3 is 2.77 bits per heavy atom. The van der Waals surface area contributed by atoms with Gasteiger partial charge in [-0.25, -0.2) is 13.4 Å². The summed E-state index contributed by atoms with van der Waals surface area (Å²) >= 11 is 0. The lowest BCUT2D eigenvalue weighted by Crippen LogP contribution is -2.47. The SMILES string of the molecule is C=C(C)CN=C(NCC1CCS(=O)(=O)C1)N1CCCC(C)C1. The minimum atomic E-state index is -2.81. The van der Waals surface area contributed by atoms with Crippen molar-refractivity contribution in [3.63, 3.8) is 0 Å². The van der Waals surface area contributed by atoms with E-state index in [1.807, 2.05) is 6.92 Å². The highest BCUT2D eigenvalue weighted by molar-refractivity contribution is 7.91. The molecule has 2 fully saturated rings. The molecule has 2 heterocycles. The fourth-order valence-electron chi connectivity index (χ4n) is 3.13. The van der Waals surface area contributed by atoms with Crippen LogP contribution in [0.15, 0.2) is 17.1 Å². The molecule has 0 bridgehead atoms. The van der Waals surface area contributed by atoms with Crippen LogP contribution in [-0.4, -0.2) is 57.0 Å². The van der Waals surface area contributed by atoms with E-state index in [1.54, 1.807) is 0 Å². The maximum atomic E-state index is 11.6. The molecule has 2 atom stereocenters. The van der Waals surface area contributed by atoms with E-state index in [4.69, 9.17) is 0 Å². The first-order valence-corrected chi connectivity index (χ1v) is 10.1. The maximum Gasteiger partial charge on any atom is 0.194 e. The summed E-state index contributed by atoms with van der Waals surface area (Å²) in [4.78, 5) is 6.97. The molecule has 6 heteroatoms. The quantitative estimate of drug-likeness (QED) is 0.485. The van der Waals surface area contributed by atoms with Gasteiger partial charge in [-0.05, 0) is 38.0 Å². The molecule has 2 saturated heterocycles. The van der Waals surface area contributed by atoms with Crippen LogP contribution in [0, 0.1) is 11.8 Å². The van der Waals surface area contributed by atoms with Crippen LogP contribution in [0.2, 0.25) is 0 Å². The predicted molar refractivity (Wildman–Crippen MR) is 91.9 cm³/mol. The average molecular weight is 327 g/mol. The molecule has 2 unspecified atom stereocenters. The topological polar surface area (TPSA) is 61.8 Å². The Bertz CT molecular complexity index is 528. The Balaban J connectivity index is 1.95. The molecule has 0 spiro atoms. The Morgan fingerprint density at radius 2 is 2.18 bits per heavy atom. The van der Waals surface area contributed by atoms with Crippen LogP contribution in [0.25, 0.3) is 0 Å². The molecule has 22 heavy (non-hydrogen) atoms. The van der Waals surface area contributed by atoms with Gasteiger partial charge < -0.3 is 10.2 Å². The molecule has 2 rings (SSSR count). The number of aliphatic imine (C=N–C) groups is 1. The summed E-state index contributed by atoms with van der Waals surface area (Å²) in [7, 11) is -2.81. The van der Waals surface area contributed by atoms with E-state index in [9.17, 15) is 8.42 Å². The first-order valence-electron chi connectivity index (χ1n) is 8.24. The number of nitrogens with one attached hydrogen (secondary N) is 1. The maximum absolute atomic E-state index is 11.6. The first-order chi connectivity index (χ1) is 10.4. The number of guanidine groups is 1. The monoisotopic (exact) mass is 327 g/mol. The van der Waals surface area contributed by atoms with Crippen LogP contribution in [0.5, 0.6) is 0 Å². The Labute approximate surface area is 134 Å². The molecule has 2 aliphatic rings. The second-order valence-electron chi connectivity index (χ2n) is 6.94. The van der Waals surface area contributed by atoms with Crippen LogP contribution in [-0.2, 0) is 9.84 Å². The smallest absolute Gasteiger partial charge is 0.194 e. The minimum Gasteiger partial charge on any atom is -0.356 e. The Hall–Kier alpha value is -1.04. The fourth-order valence-corrected chi connectivity index (χ4v) is 4.99. The van der Waals surface area contributed by atoms with Crippen molar-refractivity contribution in [2.24, 2.45) is 16.8 Å². The van der Waals surface area contributed by atoms with Crippen molar-refractivity contribution < 1.29 is 8.42 Å². The van der Waals surface area contributed by atoms with Crippen molar-refractivity contribution in [2.75, 3.05) is 37.7 Å². The lowest BCUT2D eigenvalue weighted by molar-refractivity contribution is 0.265. The number of piperidine rings is 1. The summed E-state index contributed by atoms with van der Waals surface area (Å²) in [6.07, 6.45) is 3.22. The molecular formula is C16H29N3O2S. The molecule has 1 N–H and O–H groups in total. The predicted octanol–water partition coefficient (Wildman–Crippen LogP) is 1.67. The summed E-state index contributed by atoms with van der Waals surface area (Å²) in [6, 6.07) is 0. The van der Waals surface area contributed by atoms with E-state index in [0.29, 0.717) is 30.5 Å². The van der Waals surface area contributed by atoms with Crippen LogP contribution in [0.1, 0.15) is 33.1 Å². The molecule has 0 aromatic carbocycles. The average Bonchev–Trinajstić information content (AvgIpc) is 2.78. The molecule has 2 aliphatic heterocycles. The standard InChI is InChI=1S/C16H29N3O2S/c1-13(2)9-17-16(19-7-4-5-14(3)11-19)18-10-15-6-8-22(20,21)12-15/h14-15H,1,4-12H2,2-3H3,(H,17,18). The van der Waals surface area contributed by atoms with Gasteiger partial charge in [0.2, 0.25) is 0 Å². The summed E-state index contributed by atoms with van der Waals surface area (Å²) in [5, 5.41) is 3.42. The molecule has 0 aromatic heterocycles. The molecule has 0 saturated carbocycles. The zero-order valence-corrected chi connectivity index (χ0v) is 14.7. The molecule has 5 nitrogen and oxygen atoms in total. The van der Waals surface area contributed by atoms with E-state index < -0.39 is 9.84 Å². The zero-order valence-electron chi connectivity index (χ0n) is 13.8. The minimum absolute atomic E-state index is 0.210. The molecule has 0 aromatic rings. The molecular weight excluding hydrogens is 298 g/mol. The van der Waals surface area contributed by atoms with Gasteiger partial charge in [0.1, 0.15) is 0 Å². The van der Waals surface area contributed by atoms with Crippen molar-refractivity contribution >= 4 is 15.8 Å². The van der Waals surface area contributed by atoms with Crippen molar-refractivity contribution in [1.82, 2.24) is 10.2 Å². The van der Waals surface area contributed by atoms with E-state index in [2.05, 4.69) is 28.7 Å². The number of hydrogen-bond donors (Lipinski definition) is 1. The second kappa shape index (κ2) is 7.49. The van der Waals surface area contributed by atoms with Crippen LogP contribution < -0.4 is 5.32 Å². The summed E-state index contributed by atoms with van der Waals surface area (Å²) < 4.78 is 23.1. The highest BCUT2D eigenvalue weighted by Gasteiger charge is 2.28. The summed E-state index contributed by atoms with van der Waals surface area (Å²) in [5.41, 5.74) is 1.04. The van der Waals surface area contributed by atoms with E-state index >= 15 is 0 Å². The van der Waals surface area contributed by atoms with Crippen LogP contribution in [0.4, 0.5) is 0 Å². The third-order valence-electron chi connectivity index (χ3n) is 4.33. The highest BCUT2D eigenvalue weighted by Crippen LogP contribution is 2.18. The second-order valence-corrected chi connectivity index (χ2v) is 9.17. The van der Waals surface area contributed by atoms with Crippen molar-refractivity contribution in [3.8, 4) is 0 Å². The highest BCUT2D eigenvalue weighted by atomic mass is 32.2. The van der Waals surface area contributed by atoms with Crippen LogP contribution in [0.3, 0.4) is 0 Å². The van der Waals surface area contributed by atoms with Crippen molar-refractivity contribution in [1.29, 1.82) is 0 Å². The third-order valence-corrected chi connectivity index (χ3v) is 6.17. The first kappa shape index (κ1) is 17.3. The van der Waals surface area contributed by atoms with Gasteiger partial charge in [0.15, 0.2) is 15.8 Å². The largest absolute Gasteiger partial charge is 0.356 e. The summed E-state index contributed by atoms with van der Waals surface area (Å²) in [5.74, 6) is 2.45. The lowest BCUT2D eigenvalue weighted by Gasteiger charge is -2.34. The van der Waals surface area contributed by atoms with Gasteiger partial charge in [-0.15, -0.1) is 0 Å². The molecule has 0 amide bonds. The van der Waals surface area contributed by atoms with Crippen LogP contribution >= 0.6 is 0 Å². The van der Waals surface area contributed by atoms with Gasteiger partial charge in [0, 0.05) is 19.6 Å². The molecule has 0 radical (unpaired) electrons. The van der Waals surface area contributed by atoms with Crippen molar-refractivity contribution in [3.05, 3.63) is 12.2 Å². The number of sulfone groups is 1. The third kappa shape index (κ3) is 5.30. The number of likely N-dealkylation sites (tertiary alicyclic amines) is 1. The van der Waals surface area contributed by atoms with Gasteiger partial charge in [-0.1, -0.05) is 19.1 Å². The number of rotatable bonds is 4. The van der Waals surface area contributed by atoms with E-state index in [-0.39, 0.29) is 5.92 Å². The lowest BCUT2D eigenvalue weighted by atomic mass is 10.0. The van der Waals surface area contributed by atoms with E-state index in [1.165, 1.54) is 12.8 Å². The van der Waals surface area contributed by atoms with Gasteiger partial charge >= 0.3 is 0 Å². The van der Waals surface area contributed by atoms with Gasteiger partial charge in [0.25, 0.3) is 0 Å². The van der Waals surface area contributed by atoms with Gasteiger partial charge in [-0.3, -0.25) is 0 Å². The normalized spacial score (nSPS) is 28.6. The number of nitrogens with zero attached hydrogens (tertiary/aromatic N) is 2. The van der Waals surface area contributed by atoms with Gasteiger partial charge in [-0.2, -0.15) is 0 Å². The summed E-state index contributed by atoms with van der Waals surface area (Å²) in [6.45, 7) is 11.5. The number of hydrogen-bond acceptors (Lipinski definition) is 3. The Kier molecular flexibility index (Phi) is 5.89. The molecule has 126 valence electrons.